The van der Waals surface area contributed by atoms with Gasteiger partial charge in [0.15, 0.2) is 0 Å². The molecule has 4 N–H and O–H groups in total. The Balaban J connectivity index is 1.15. The van der Waals surface area contributed by atoms with Crippen LogP contribution >= 0.6 is 0 Å². The third-order valence-corrected chi connectivity index (χ3v) is 15.7. The molecule has 8 rings (SSSR count). The van der Waals surface area contributed by atoms with Crippen LogP contribution in [0.25, 0.3) is 22.4 Å². The summed E-state index contributed by atoms with van der Waals surface area (Å²) in [6.45, 7) is 2.98. The second-order valence-corrected chi connectivity index (χ2v) is 23.1. The smallest absolute Gasteiger partial charge is 0.263 e. The largest absolute Gasteiger partial charge is 0.356 e. The van der Waals surface area contributed by atoms with Crippen LogP contribution in [0.3, 0.4) is 0 Å². The maximum absolute atomic E-state index is 16.8. The van der Waals surface area contributed by atoms with Gasteiger partial charge in [-0.05, 0) is 91.4 Å². The topological polar surface area (TPSA) is 190 Å². The zero-order valence-electron chi connectivity index (χ0n) is 40.6. The van der Waals surface area contributed by atoms with E-state index in [0.29, 0.717) is 33.5 Å². The molecule has 2 aliphatic heterocycles. The van der Waals surface area contributed by atoms with Crippen molar-refractivity contribution in [2.75, 3.05) is 59.1 Å². The maximum atomic E-state index is 16.8. The van der Waals surface area contributed by atoms with Gasteiger partial charge in [0.2, 0.25) is 5.92 Å². The lowest BCUT2D eigenvalue weighted by Gasteiger charge is -2.27. The number of amides is 2. The van der Waals surface area contributed by atoms with Crippen LogP contribution in [-0.4, -0.2) is 90.5 Å². The molecule has 3 atom stereocenters. The van der Waals surface area contributed by atoms with Gasteiger partial charge in [0.25, 0.3) is 24.2 Å². The summed E-state index contributed by atoms with van der Waals surface area (Å²) in [5, 5.41) is 10.0. The van der Waals surface area contributed by atoms with E-state index in [1.165, 1.54) is 85.4 Å². The van der Waals surface area contributed by atoms with Gasteiger partial charge in [-0.25, -0.2) is 54.3 Å². The standard InChI is InChI=1S/C51H54F6N10O4S2/c1-30-39(32-10-12-33(13-11-32)45(52)53)28-60-47(43(30)48(68)62-35-8-6-9-37(26-35)72(4,58)70)67-21-14-41(51(56,57)18-23-67)34-24-36(27-38(25-34)73(5,59)71)63-49(69)44-31(2)40(42-15-20-65(3)64-42)29-61-46(44)66-19-7-16-50(54,55)17-22-66/h6,8-13,15,20,24-29,41,45,58-59H,7,14,16-19,21-23H2,1-5H3,(H,62,68)(H,63,69). The second kappa shape index (κ2) is 20.2. The number of carbonyl (C=O) groups is 2. The summed E-state index contributed by atoms with van der Waals surface area (Å²) in [7, 11) is -5.06. The summed E-state index contributed by atoms with van der Waals surface area (Å²) in [6, 6.07) is 17.0. The average Bonchev–Trinajstić information content (AvgIpc) is 3.57. The highest BCUT2D eigenvalue weighted by atomic mass is 32.2. The summed E-state index contributed by atoms with van der Waals surface area (Å²) >= 11 is 0. The second-order valence-electron chi connectivity index (χ2n) is 18.7. The number of pyridine rings is 2. The van der Waals surface area contributed by atoms with E-state index >= 15 is 8.78 Å². The Morgan fingerprint density at radius 2 is 1.32 bits per heavy atom. The van der Waals surface area contributed by atoms with Gasteiger partial charge < -0.3 is 20.4 Å². The minimum Gasteiger partial charge on any atom is -0.356 e. The number of benzene rings is 3. The van der Waals surface area contributed by atoms with Crippen molar-refractivity contribution in [3.8, 4) is 22.4 Å². The lowest BCUT2D eigenvalue weighted by molar-refractivity contribution is -0.0304. The highest BCUT2D eigenvalue weighted by molar-refractivity contribution is 7.92. The predicted octanol–water partition coefficient (Wildman–Crippen LogP) is 11.3. The minimum absolute atomic E-state index is 0.0113. The molecule has 0 aliphatic carbocycles. The van der Waals surface area contributed by atoms with Crippen molar-refractivity contribution in [3.05, 3.63) is 125 Å². The Bertz CT molecular complexity index is 3330. The molecule has 0 bridgehead atoms. The van der Waals surface area contributed by atoms with Crippen LogP contribution in [0.15, 0.2) is 101 Å². The molecule has 386 valence electrons. The molecule has 14 nitrogen and oxygen atoms in total. The first-order valence-electron chi connectivity index (χ1n) is 23.3. The normalized spacial score (nSPS) is 18.5. The van der Waals surface area contributed by atoms with Crippen molar-refractivity contribution in [2.45, 2.75) is 79.9 Å². The number of hydrogen-bond donors (Lipinski definition) is 4. The molecule has 0 saturated carbocycles. The summed E-state index contributed by atoms with van der Waals surface area (Å²) < 4.78 is 134. The quantitative estimate of drug-likeness (QED) is 0.0864. The van der Waals surface area contributed by atoms with Crippen LogP contribution in [0.5, 0.6) is 0 Å². The number of halogens is 6. The summed E-state index contributed by atoms with van der Waals surface area (Å²) in [5.74, 6) is -9.23. The number of hydrogen-bond acceptors (Lipinski definition) is 11. The van der Waals surface area contributed by atoms with E-state index in [1.807, 2.05) is 0 Å². The van der Waals surface area contributed by atoms with Crippen LogP contribution in [0.4, 0.5) is 49.4 Å². The van der Waals surface area contributed by atoms with Crippen molar-refractivity contribution in [1.29, 1.82) is 9.56 Å². The third-order valence-electron chi connectivity index (χ3n) is 13.4. The van der Waals surface area contributed by atoms with E-state index in [1.54, 1.807) is 47.6 Å². The monoisotopic (exact) mass is 1050 g/mol. The number of nitrogens with one attached hydrogen (secondary N) is 4. The molecule has 0 spiro atoms. The Morgan fingerprint density at radius 1 is 0.726 bits per heavy atom. The summed E-state index contributed by atoms with van der Waals surface area (Å²) in [6.07, 6.45) is 2.60. The number of aryl methyl sites for hydroxylation is 1. The van der Waals surface area contributed by atoms with E-state index < -0.39 is 68.3 Å². The zero-order valence-corrected chi connectivity index (χ0v) is 42.2. The molecule has 73 heavy (non-hydrogen) atoms. The number of aromatic nitrogens is 4. The van der Waals surface area contributed by atoms with Gasteiger partial charge >= 0.3 is 0 Å². The molecule has 6 aromatic rings. The Kier molecular flexibility index (Phi) is 14.6. The molecule has 3 aromatic heterocycles. The molecule has 3 aromatic carbocycles. The average molecular weight is 1050 g/mol. The molecule has 2 amide bonds. The van der Waals surface area contributed by atoms with E-state index in [4.69, 9.17) is 9.56 Å². The molecule has 0 radical (unpaired) electrons. The van der Waals surface area contributed by atoms with Crippen molar-refractivity contribution in [2.24, 2.45) is 7.05 Å². The molecular weight excluding hydrogens is 995 g/mol. The van der Waals surface area contributed by atoms with Gasteiger partial charge in [0, 0.05) is 127 Å². The van der Waals surface area contributed by atoms with Gasteiger partial charge in [-0.3, -0.25) is 14.3 Å². The van der Waals surface area contributed by atoms with Gasteiger partial charge in [0.1, 0.15) is 11.6 Å². The van der Waals surface area contributed by atoms with Crippen molar-refractivity contribution >= 4 is 54.3 Å². The fourth-order valence-corrected chi connectivity index (χ4v) is 10.8. The fourth-order valence-electron chi connectivity index (χ4n) is 9.41. The highest BCUT2D eigenvalue weighted by Crippen LogP contribution is 2.44. The Labute approximate surface area is 419 Å². The van der Waals surface area contributed by atoms with E-state index in [0.717, 1.165) is 6.26 Å². The molecule has 3 unspecified atom stereocenters. The lowest BCUT2D eigenvalue weighted by Crippen LogP contribution is -2.30. The van der Waals surface area contributed by atoms with Gasteiger partial charge in [0.05, 0.1) is 36.3 Å². The number of alkyl halides is 6. The highest BCUT2D eigenvalue weighted by Gasteiger charge is 2.44. The molecule has 2 saturated heterocycles. The summed E-state index contributed by atoms with van der Waals surface area (Å²) in [4.78, 5) is 41.6. The van der Waals surface area contributed by atoms with E-state index in [2.05, 4.69) is 25.7 Å². The number of rotatable bonds is 12. The van der Waals surface area contributed by atoms with Crippen LogP contribution in [0, 0.1) is 23.4 Å². The number of anilines is 4. The lowest BCUT2D eigenvalue weighted by atomic mass is 9.88. The van der Waals surface area contributed by atoms with Crippen molar-refractivity contribution < 1.29 is 44.3 Å². The molecular formula is C51H54F6N10O4S2. The first kappa shape index (κ1) is 52.5. The molecule has 2 fully saturated rings. The summed E-state index contributed by atoms with van der Waals surface area (Å²) in [5.41, 5.74) is 2.54. The van der Waals surface area contributed by atoms with Gasteiger partial charge in [-0.1, -0.05) is 30.3 Å². The van der Waals surface area contributed by atoms with Crippen LogP contribution < -0.4 is 20.4 Å². The molecule has 5 heterocycles. The Hall–Kier alpha value is -6.81. The third kappa shape index (κ3) is 11.5. The van der Waals surface area contributed by atoms with Crippen molar-refractivity contribution in [1.82, 2.24) is 19.7 Å². The SMILES string of the molecule is Cc1c(-c2ccc(C(F)F)cc2)cnc(N2CCC(c3cc(NC(=O)c4c(N5CCCC(F)(F)CC5)ncc(-c5ccn(C)n5)c4C)cc(S(C)(=N)=O)c3)C(F)(F)CC2)c1C(=O)Nc1cccc(S(C)(=N)=O)c1. The molecule has 2 aliphatic rings. The van der Waals surface area contributed by atoms with Crippen molar-refractivity contribution in [3.63, 3.8) is 0 Å². The number of nitrogens with zero attached hydrogens (tertiary/aromatic N) is 6. The van der Waals surface area contributed by atoms with Gasteiger partial charge in [-0.2, -0.15) is 5.10 Å². The van der Waals surface area contributed by atoms with E-state index in [9.17, 15) is 35.6 Å². The maximum Gasteiger partial charge on any atom is 0.263 e. The minimum atomic E-state index is -3.59. The molecule has 22 heteroatoms. The first-order valence-corrected chi connectivity index (χ1v) is 27.2. The first-order chi connectivity index (χ1) is 34.3. The predicted molar refractivity (Wildman–Crippen MR) is 270 cm³/mol. The van der Waals surface area contributed by atoms with Crippen LogP contribution in [0.2, 0.25) is 0 Å². The zero-order chi connectivity index (χ0) is 52.8. The van der Waals surface area contributed by atoms with Crippen LogP contribution in [-0.2, 0) is 26.5 Å². The Morgan fingerprint density at radius 3 is 1.93 bits per heavy atom. The van der Waals surface area contributed by atoms with Crippen LogP contribution in [0.1, 0.15) is 87.4 Å². The fraction of sp³-hybridized carbons (Fsp3) is 0.353. The number of carbonyl (C=O) groups excluding carboxylic acids is 2. The van der Waals surface area contributed by atoms with Gasteiger partial charge in [-0.15, -0.1) is 0 Å². The van der Waals surface area contributed by atoms with E-state index in [-0.39, 0.29) is 100 Å².